The third-order valence-electron chi connectivity index (χ3n) is 19.9. The van der Waals surface area contributed by atoms with Crippen LogP contribution in [0.3, 0.4) is 0 Å². The first-order valence-corrected chi connectivity index (χ1v) is 51.8. The Kier molecular flexibility index (Phi) is 51.2. The van der Waals surface area contributed by atoms with Crippen molar-refractivity contribution in [2.24, 2.45) is 18.4 Å². The zero-order valence-corrected chi connectivity index (χ0v) is 99.9. The topological polar surface area (TPSA) is 563 Å². The van der Waals surface area contributed by atoms with Gasteiger partial charge in [0.2, 0.25) is 34.6 Å². The van der Waals surface area contributed by atoms with Gasteiger partial charge in [0, 0.05) is 106 Å². The standard InChI is InChI=1S/C9H12FN.C9H13N.C8H12N2.C8H12S.C7H14N4.2C7H11NS.C7H15N.3C6H12N4.2C6H11N3O.C6H11N3S.C6H11N3/c1-9(2,3)7-4-8(10)6-11-5-7;1-9(2,3)8-5-4-6-10-7-8;1-8(2,3)7-4-9-6-10-5-7;1-8(2,3)7-5-4-6-9-7;1-7(2,3)5-9-10-6(8)11(5)4;2*1-7(2,3)6-4-8-5-9-6;1-7(2,3)6-4-8-5-6;1-6(2,3)5-9-8-4-10(5)7;2*1-6(2,3)4-8-5(7)10-9-4;1-6(2,3)4-8-9-5(7)10-4;1-6(2,3)4-8-5(7)9-10-4;1-6(2,3)4-8-9-5(7)10-4;1-6(2,3)5-4-7-9-8-5/h4-6H,1-3H3;4-7H,1-3H3;4-6H,1-3H3;4-6H,1-3H3;1-4H3,(H2,8,10);2*4-5H,1-3H3;6,8H,4-5H2,1-3H3;4H,7H2,1-3H3;2*1-3H3,(H3,7,8,9,10);3*1-3H3,(H2,7,9);4H,1-3H3,(H,7,8,9)/p+1. The average molecular weight is 2100 g/mol. The number of rotatable bonds is 0. The molecule has 19 N–H and O–H groups in total. The van der Waals surface area contributed by atoms with E-state index >= 15 is 0 Å². The molecule has 0 spiro atoms. The molecule has 0 saturated carbocycles. The van der Waals surface area contributed by atoms with E-state index in [1.165, 1.54) is 73.5 Å². The summed E-state index contributed by atoms with van der Waals surface area (Å²) in [6, 6.07) is 10.0. The normalized spacial score (nSPS) is 12.4. The fourth-order valence-corrected chi connectivity index (χ4v) is 13.2. The van der Waals surface area contributed by atoms with Gasteiger partial charge < -0.3 is 54.5 Å². The summed E-state index contributed by atoms with van der Waals surface area (Å²) in [6.45, 7) is 97.6. The number of pyridine rings is 2. The highest BCUT2D eigenvalue weighted by molar-refractivity contribution is 7.15. The second-order valence-electron chi connectivity index (χ2n) is 50.0. The highest BCUT2D eigenvalue weighted by atomic mass is 32.1. The fraction of sp³-hybridized carbons (Fsp3) is 0.615. The number of nitrogens with zero attached hydrogens (tertiary/aromatic N) is 23. The third-order valence-corrected chi connectivity index (χ3v) is 24.8. The number of anilines is 6. The molecular formula is C104H181FN35O2S4+. The second-order valence-corrected chi connectivity index (χ2v) is 53.8. The molecule has 1 aliphatic rings. The summed E-state index contributed by atoms with van der Waals surface area (Å²) in [6.07, 6.45) is 19.0. The maximum atomic E-state index is 12.6. The molecule has 0 radical (unpaired) electrons. The zero-order valence-electron chi connectivity index (χ0n) is 96.6. The number of thiazole rings is 2. The molecule has 14 aromatic heterocycles. The number of aromatic nitrogens is 27. The Morgan fingerprint density at radius 3 is 1.10 bits per heavy atom. The molecule has 0 unspecified atom stereocenters. The second kappa shape index (κ2) is 56.5. The minimum Gasteiger partial charge on any atom is -0.408 e. The van der Waals surface area contributed by atoms with Crippen LogP contribution in [-0.4, -0.2) is 144 Å². The predicted molar refractivity (Wildman–Crippen MR) is 601 cm³/mol. The van der Waals surface area contributed by atoms with E-state index in [0.29, 0.717) is 45.6 Å². The summed E-state index contributed by atoms with van der Waals surface area (Å²) in [7, 11) is 1.90. The Hall–Kier alpha value is -11.6. The Labute approximate surface area is 886 Å². The van der Waals surface area contributed by atoms with Gasteiger partial charge in [-0.15, -0.1) is 69.7 Å². The van der Waals surface area contributed by atoms with Crippen molar-refractivity contribution < 1.29 is 17.9 Å². The number of hydrogen-bond donors (Lipinski definition) is 12. The van der Waals surface area contributed by atoms with Gasteiger partial charge in [0.1, 0.15) is 35.1 Å². The molecule has 0 amide bonds. The highest BCUT2D eigenvalue weighted by Crippen LogP contribution is 2.33. The SMILES string of the molecule is CC(C)(C)C1CNC1.CC(C)(C)c1cccnc1.CC(C)(C)c1cccs1.CC(C)(C)c1cn[nH]n1.CC(C)(C)c1cncc(F)c1.CC(C)(C)c1cncnc1.CC(C)(C)c1cncs1.CC(C)(C)c1cncs1.CC(C)(C)c1nc(N)n[nH]1.CC(C)(C)c1nc(N)n[nH]1.CC(C)(C)c1nc(N)no1.CC(C)(C)c1nnc(N)o1.CC(C)(C)c1nnc(N)s1.CC(C)(C)c1nncn1N.C[n+]1c(N)n[nH]c1C(C)(C)C. The first kappa shape index (κ1) is 132. The predicted octanol–water partition coefficient (Wildman–Crippen LogP) is 22.0. The number of nitrogens with one attached hydrogen (secondary N) is 5. The van der Waals surface area contributed by atoms with E-state index in [-0.39, 0.29) is 88.2 Å². The van der Waals surface area contributed by atoms with Crippen LogP contribution >= 0.6 is 45.3 Å². The van der Waals surface area contributed by atoms with E-state index in [4.69, 9.17) is 49.2 Å². The minimum absolute atomic E-state index is 0.00458. The third kappa shape index (κ3) is 53.6. The van der Waals surface area contributed by atoms with Gasteiger partial charge in [0.05, 0.1) is 36.2 Å². The summed E-state index contributed by atoms with van der Waals surface area (Å²) in [5.41, 5.74) is 42.1. The molecule has 37 nitrogen and oxygen atoms in total. The average Bonchev–Trinajstić information content (AvgIpc) is 1.70. The van der Waals surface area contributed by atoms with E-state index in [2.05, 4.69) is 342 Å². The van der Waals surface area contributed by atoms with Crippen LogP contribution in [0.1, 0.15) is 389 Å². The van der Waals surface area contributed by atoms with Crippen LogP contribution in [0.15, 0.2) is 124 Å². The number of nitrogen functional groups attached to an aromatic ring is 7. The monoisotopic (exact) mass is 2100 g/mol. The summed E-state index contributed by atoms with van der Waals surface area (Å²) >= 11 is 6.72. The van der Waals surface area contributed by atoms with Gasteiger partial charge in [-0.25, -0.2) is 23.6 Å². The Balaban J connectivity index is 0.000000783. The van der Waals surface area contributed by atoms with Crippen molar-refractivity contribution in [3.05, 3.63) is 198 Å². The van der Waals surface area contributed by atoms with Gasteiger partial charge in [-0.3, -0.25) is 30.1 Å². The van der Waals surface area contributed by atoms with E-state index in [1.54, 1.807) is 47.6 Å². The van der Waals surface area contributed by atoms with Crippen molar-refractivity contribution >= 4 is 80.3 Å². The van der Waals surface area contributed by atoms with Crippen LogP contribution in [-0.2, 0) is 82.9 Å². The van der Waals surface area contributed by atoms with E-state index in [0.717, 1.165) is 45.5 Å². The van der Waals surface area contributed by atoms with Crippen molar-refractivity contribution in [3.63, 3.8) is 0 Å². The van der Waals surface area contributed by atoms with Crippen LogP contribution in [0.25, 0.3) is 0 Å². The first-order chi connectivity index (χ1) is 66.2. The van der Waals surface area contributed by atoms with E-state index in [9.17, 15) is 4.39 Å². The van der Waals surface area contributed by atoms with Gasteiger partial charge in [0.15, 0.2) is 5.82 Å². The van der Waals surface area contributed by atoms with Gasteiger partial charge in [0.25, 0.3) is 5.95 Å². The van der Waals surface area contributed by atoms with Crippen molar-refractivity contribution in [3.8, 4) is 0 Å². The van der Waals surface area contributed by atoms with Gasteiger partial charge in [-0.2, -0.15) is 35.5 Å². The molecule has 0 aliphatic carbocycles. The fourth-order valence-electron chi connectivity index (χ4n) is 10.3. The number of H-pyrrole nitrogens is 4. The lowest BCUT2D eigenvalue weighted by atomic mass is 9.77. The van der Waals surface area contributed by atoms with Crippen molar-refractivity contribution in [2.75, 3.05) is 53.3 Å². The van der Waals surface area contributed by atoms with Crippen molar-refractivity contribution in [2.45, 2.75) is 387 Å². The molecule has 814 valence electrons. The Morgan fingerprint density at radius 1 is 0.418 bits per heavy atom. The number of thiophene rings is 1. The molecule has 15 heterocycles. The van der Waals surface area contributed by atoms with Gasteiger partial charge >= 0.3 is 12.0 Å². The number of nitrogens with two attached hydrogens (primary N) is 7. The Morgan fingerprint density at radius 2 is 0.904 bits per heavy atom. The van der Waals surface area contributed by atoms with Crippen LogP contribution < -0.4 is 50.1 Å². The number of aromatic amines is 4. The zero-order chi connectivity index (χ0) is 113. The number of halogens is 1. The summed E-state index contributed by atoms with van der Waals surface area (Å²) in [5.74, 6) is 12.1. The highest BCUT2D eigenvalue weighted by Gasteiger charge is 2.31. The smallest absolute Gasteiger partial charge is 0.374 e. The lowest BCUT2D eigenvalue weighted by Crippen LogP contribution is -2.48. The molecule has 0 aromatic carbocycles. The van der Waals surface area contributed by atoms with Crippen LogP contribution in [0, 0.1) is 17.2 Å². The van der Waals surface area contributed by atoms with Crippen LogP contribution in [0.5, 0.6) is 0 Å². The van der Waals surface area contributed by atoms with Gasteiger partial charge in [-0.1, -0.05) is 340 Å². The lowest BCUT2D eigenvalue weighted by molar-refractivity contribution is -0.668. The van der Waals surface area contributed by atoms with Gasteiger partial charge in [-0.05, 0) is 102 Å². The molecule has 15 rings (SSSR count). The maximum Gasteiger partial charge on any atom is 0.374 e. The van der Waals surface area contributed by atoms with E-state index in [1.807, 2.05) is 196 Å². The molecule has 14 aromatic rings. The molecular weight excluding hydrogens is 1920 g/mol. The number of hydrogen-bond acceptors (Lipinski definition) is 35. The van der Waals surface area contributed by atoms with Crippen LogP contribution in [0.4, 0.5) is 39.3 Å². The maximum absolute atomic E-state index is 12.6. The summed E-state index contributed by atoms with van der Waals surface area (Å²) < 4.78 is 25.8. The molecule has 146 heavy (non-hydrogen) atoms. The molecule has 1 saturated heterocycles. The molecule has 1 fully saturated rings. The van der Waals surface area contributed by atoms with Crippen molar-refractivity contribution in [1.82, 2.24) is 137 Å². The van der Waals surface area contributed by atoms with Crippen LogP contribution in [0.2, 0.25) is 0 Å². The largest absolute Gasteiger partial charge is 0.408 e. The molecule has 1 aliphatic heterocycles. The van der Waals surface area contributed by atoms with E-state index < -0.39 is 0 Å². The minimum atomic E-state index is -0.266. The van der Waals surface area contributed by atoms with Crippen molar-refractivity contribution in [1.29, 1.82) is 0 Å². The summed E-state index contributed by atoms with van der Waals surface area (Å²) in [4.78, 5) is 39.7. The quantitative estimate of drug-likeness (QED) is 0.0495. The molecule has 0 atom stereocenters. The Bertz CT molecular complexity index is 5270. The first-order valence-electron chi connectivity index (χ1n) is 48.3. The summed E-state index contributed by atoms with van der Waals surface area (Å²) in [5, 5.41) is 62.9. The molecule has 0 bridgehead atoms. The molecule has 42 heteroatoms. The lowest BCUT2D eigenvalue weighted by Gasteiger charge is -2.38.